The minimum Gasteiger partial charge on any atom is -0.0836 e. The zero-order valence-corrected chi connectivity index (χ0v) is 10.7. The topological polar surface area (TPSA) is 0 Å². The average molecular weight is 251 g/mol. The molecule has 0 spiro atoms. The second-order valence-corrected chi connectivity index (χ2v) is 4.78. The molecule has 0 saturated heterocycles. The fourth-order valence-corrected chi connectivity index (χ4v) is 2.51. The molecule has 0 amide bonds. The van der Waals surface area contributed by atoms with Crippen LogP contribution in [0.25, 0.3) is 11.1 Å². The molecule has 0 atom stereocenters. The van der Waals surface area contributed by atoms with Crippen molar-refractivity contribution in [3.8, 4) is 11.1 Å². The first-order valence-electron chi connectivity index (χ1n) is 5.10. The molecule has 0 heterocycles. The van der Waals surface area contributed by atoms with E-state index in [0.29, 0.717) is 10.0 Å². The van der Waals surface area contributed by atoms with Crippen molar-refractivity contribution in [2.75, 3.05) is 0 Å². The number of rotatable bonds is 1. The van der Waals surface area contributed by atoms with Gasteiger partial charge in [-0.15, -0.1) is 0 Å². The van der Waals surface area contributed by atoms with Gasteiger partial charge in [0.05, 0.1) is 10.0 Å². The summed E-state index contributed by atoms with van der Waals surface area (Å²) in [5, 5.41) is 1.41. The van der Waals surface area contributed by atoms with Crippen LogP contribution in [-0.4, -0.2) is 0 Å². The third kappa shape index (κ3) is 2.23. The Kier molecular flexibility index (Phi) is 3.22. The Labute approximate surface area is 106 Å². The molecule has 2 aromatic rings. The van der Waals surface area contributed by atoms with Crippen molar-refractivity contribution in [3.05, 3.63) is 57.6 Å². The van der Waals surface area contributed by atoms with Gasteiger partial charge in [0.25, 0.3) is 0 Å². The molecule has 0 aliphatic heterocycles. The first-order valence-corrected chi connectivity index (χ1v) is 5.86. The Balaban J connectivity index is 2.60. The number of benzene rings is 2. The maximum absolute atomic E-state index is 6.22. The molecule has 0 aliphatic rings. The summed E-state index contributed by atoms with van der Waals surface area (Å²) in [4.78, 5) is 0. The largest absolute Gasteiger partial charge is 0.0836 e. The first-order chi connectivity index (χ1) is 7.58. The summed E-state index contributed by atoms with van der Waals surface area (Å²) >= 11 is 12.4. The van der Waals surface area contributed by atoms with E-state index in [-0.39, 0.29) is 0 Å². The van der Waals surface area contributed by atoms with E-state index < -0.39 is 0 Å². The van der Waals surface area contributed by atoms with Crippen LogP contribution in [0, 0.1) is 13.8 Å². The van der Waals surface area contributed by atoms with Crippen LogP contribution < -0.4 is 0 Å². The highest BCUT2D eigenvalue weighted by Gasteiger charge is 2.08. The van der Waals surface area contributed by atoms with Gasteiger partial charge in [-0.1, -0.05) is 53.0 Å². The molecule has 2 heteroatoms. The quantitative estimate of drug-likeness (QED) is 0.647. The lowest BCUT2D eigenvalue weighted by Crippen LogP contribution is -1.84. The van der Waals surface area contributed by atoms with Crippen molar-refractivity contribution >= 4 is 23.2 Å². The number of hydrogen-bond acceptors (Lipinski definition) is 0. The average Bonchev–Trinajstić information content (AvgIpc) is 2.19. The van der Waals surface area contributed by atoms with E-state index >= 15 is 0 Å². The van der Waals surface area contributed by atoms with Crippen molar-refractivity contribution in [1.82, 2.24) is 0 Å². The molecule has 0 unspecified atom stereocenters. The van der Waals surface area contributed by atoms with Crippen molar-refractivity contribution in [2.24, 2.45) is 0 Å². The standard InChI is InChI=1S/C14H12Cl2/c1-9-3-5-11(6-4-9)14-12(15)7-10(2)8-13(14)16/h3-8H,1-2H3. The van der Waals surface area contributed by atoms with Crippen LogP contribution in [-0.2, 0) is 0 Å². The summed E-state index contributed by atoms with van der Waals surface area (Å²) in [7, 11) is 0. The molecule has 0 aromatic heterocycles. The lowest BCUT2D eigenvalue weighted by molar-refractivity contribution is 1.45. The summed E-state index contributed by atoms with van der Waals surface area (Å²) in [6, 6.07) is 12.1. The number of hydrogen-bond donors (Lipinski definition) is 0. The first kappa shape index (κ1) is 11.5. The second-order valence-electron chi connectivity index (χ2n) is 3.97. The number of halogens is 2. The lowest BCUT2D eigenvalue weighted by Gasteiger charge is -2.08. The number of aryl methyl sites for hydroxylation is 2. The van der Waals surface area contributed by atoms with E-state index in [0.717, 1.165) is 16.7 Å². The zero-order chi connectivity index (χ0) is 11.7. The van der Waals surface area contributed by atoms with Gasteiger partial charge in [-0.25, -0.2) is 0 Å². The molecule has 0 N–H and O–H groups in total. The summed E-state index contributed by atoms with van der Waals surface area (Å²) in [6.07, 6.45) is 0. The molecule has 16 heavy (non-hydrogen) atoms. The molecule has 82 valence electrons. The monoisotopic (exact) mass is 250 g/mol. The van der Waals surface area contributed by atoms with Crippen LogP contribution in [0.4, 0.5) is 0 Å². The van der Waals surface area contributed by atoms with Crippen LogP contribution in [0.1, 0.15) is 11.1 Å². The van der Waals surface area contributed by atoms with Crippen LogP contribution in [0.15, 0.2) is 36.4 Å². The van der Waals surface area contributed by atoms with Crippen LogP contribution in [0.2, 0.25) is 10.0 Å². The molecule has 2 rings (SSSR count). The highest BCUT2D eigenvalue weighted by molar-refractivity contribution is 6.39. The highest BCUT2D eigenvalue weighted by atomic mass is 35.5. The minimum absolute atomic E-state index is 0.703. The molecule has 0 fully saturated rings. The van der Waals surface area contributed by atoms with E-state index in [9.17, 15) is 0 Å². The smallest absolute Gasteiger partial charge is 0.0502 e. The Morgan fingerprint density at radius 2 is 1.25 bits per heavy atom. The Morgan fingerprint density at radius 1 is 0.750 bits per heavy atom. The minimum atomic E-state index is 0.703. The Hall–Kier alpha value is -0.980. The molecule has 0 aliphatic carbocycles. The van der Waals surface area contributed by atoms with Crippen molar-refractivity contribution < 1.29 is 0 Å². The molecular formula is C14H12Cl2. The van der Waals surface area contributed by atoms with Gasteiger partial charge in [-0.05, 0) is 37.1 Å². The molecule has 0 radical (unpaired) electrons. The molecule has 2 aromatic carbocycles. The Morgan fingerprint density at radius 3 is 1.75 bits per heavy atom. The second kappa shape index (κ2) is 4.48. The fraction of sp³-hybridized carbons (Fsp3) is 0.143. The highest BCUT2D eigenvalue weighted by Crippen LogP contribution is 2.35. The maximum atomic E-state index is 6.22. The van der Waals surface area contributed by atoms with Crippen molar-refractivity contribution in [2.45, 2.75) is 13.8 Å². The SMILES string of the molecule is Cc1ccc(-c2c(Cl)cc(C)cc2Cl)cc1. The maximum Gasteiger partial charge on any atom is 0.0502 e. The predicted molar refractivity (Wildman–Crippen MR) is 71.4 cm³/mol. The van der Waals surface area contributed by atoms with Gasteiger partial charge in [0.15, 0.2) is 0 Å². The van der Waals surface area contributed by atoms with Crippen LogP contribution in [0.5, 0.6) is 0 Å². The lowest BCUT2D eigenvalue weighted by atomic mass is 10.0. The van der Waals surface area contributed by atoms with E-state index in [4.69, 9.17) is 23.2 Å². The van der Waals surface area contributed by atoms with Crippen LogP contribution in [0.3, 0.4) is 0 Å². The van der Waals surface area contributed by atoms with E-state index in [1.165, 1.54) is 5.56 Å². The molecule has 0 nitrogen and oxygen atoms in total. The fourth-order valence-electron chi connectivity index (χ4n) is 1.70. The summed E-state index contributed by atoms with van der Waals surface area (Å²) in [5.74, 6) is 0. The van der Waals surface area contributed by atoms with Gasteiger partial charge in [0.1, 0.15) is 0 Å². The normalized spacial score (nSPS) is 10.5. The third-order valence-corrected chi connectivity index (χ3v) is 3.12. The molecule has 0 bridgehead atoms. The van der Waals surface area contributed by atoms with E-state index in [1.54, 1.807) is 0 Å². The predicted octanol–water partition coefficient (Wildman–Crippen LogP) is 5.28. The molecule has 0 saturated carbocycles. The summed E-state index contributed by atoms with van der Waals surface area (Å²) in [5.41, 5.74) is 4.27. The zero-order valence-electron chi connectivity index (χ0n) is 9.22. The van der Waals surface area contributed by atoms with Gasteiger partial charge in [0, 0.05) is 5.56 Å². The van der Waals surface area contributed by atoms with Crippen LogP contribution >= 0.6 is 23.2 Å². The van der Waals surface area contributed by atoms with E-state index in [2.05, 4.69) is 19.1 Å². The van der Waals surface area contributed by atoms with Gasteiger partial charge < -0.3 is 0 Å². The third-order valence-electron chi connectivity index (χ3n) is 2.53. The van der Waals surface area contributed by atoms with Gasteiger partial charge in [-0.2, -0.15) is 0 Å². The summed E-state index contributed by atoms with van der Waals surface area (Å²) in [6.45, 7) is 4.04. The Bertz CT molecular complexity index is 490. The van der Waals surface area contributed by atoms with Gasteiger partial charge in [-0.3, -0.25) is 0 Å². The van der Waals surface area contributed by atoms with Crippen molar-refractivity contribution in [1.29, 1.82) is 0 Å². The van der Waals surface area contributed by atoms with Crippen molar-refractivity contribution in [3.63, 3.8) is 0 Å². The molecular weight excluding hydrogens is 239 g/mol. The summed E-state index contributed by atoms with van der Waals surface area (Å²) < 4.78 is 0. The van der Waals surface area contributed by atoms with Gasteiger partial charge in [0.2, 0.25) is 0 Å². The van der Waals surface area contributed by atoms with E-state index in [1.807, 2.05) is 31.2 Å². The van der Waals surface area contributed by atoms with Gasteiger partial charge >= 0.3 is 0 Å².